The molecule has 11 heavy (non-hydrogen) atoms. The summed E-state index contributed by atoms with van der Waals surface area (Å²) < 4.78 is 5.05. The van der Waals surface area contributed by atoms with Gasteiger partial charge in [-0.25, -0.2) is 0 Å². The topological polar surface area (TPSA) is 29.5 Å². The highest BCUT2D eigenvalue weighted by molar-refractivity contribution is 5.20. The van der Waals surface area contributed by atoms with Crippen molar-refractivity contribution in [2.45, 2.75) is 25.9 Å². The summed E-state index contributed by atoms with van der Waals surface area (Å²) >= 11 is 0. The lowest BCUT2D eigenvalue weighted by atomic mass is 10.0. The van der Waals surface area contributed by atoms with Crippen LogP contribution in [-0.2, 0) is 4.74 Å². The Morgan fingerprint density at radius 2 is 2.18 bits per heavy atom. The van der Waals surface area contributed by atoms with Crippen LogP contribution in [0.15, 0.2) is 23.5 Å². The van der Waals surface area contributed by atoms with E-state index in [1.807, 2.05) is 12.2 Å². The standard InChI is InChI=1S/C9H14O2/c1-7(10)8-3-5-9(11-2)6-4-8/h3,6-7,10H,4-5H2,1-2H3. The second-order valence-electron chi connectivity index (χ2n) is 2.74. The van der Waals surface area contributed by atoms with E-state index in [9.17, 15) is 5.11 Å². The molecule has 1 rings (SSSR count). The minimum Gasteiger partial charge on any atom is -0.501 e. The first kappa shape index (κ1) is 8.34. The van der Waals surface area contributed by atoms with E-state index >= 15 is 0 Å². The van der Waals surface area contributed by atoms with Gasteiger partial charge in [-0.15, -0.1) is 0 Å². The van der Waals surface area contributed by atoms with Gasteiger partial charge in [-0.3, -0.25) is 0 Å². The lowest BCUT2D eigenvalue weighted by Gasteiger charge is -2.14. The summed E-state index contributed by atoms with van der Waals surface area (Å²) in [6.07, 6.45) is 5.37. The van der Waals surface area contributed by atoms with Gasteiger partial charge in [-0.1, -0.05) is 6.08 Å². The van der Waals surface area contributed by atoms with Gasteiger partial charge in [-0.2, -0.15) is 0 Å². The molecule has 2 heteroatoms. The molecule has 0 aromatic heterocycles. The molecule has 0 saturated carbocycles. The molecule has 1 unspecified atom stereocenters. The molecule has 1 N–H and O–H groups in total. The van der Waals surface area contributed by atoms with Crippen LogP contribution in [0.25, 0.3) is 0 Å². The number of allylic oxidation sites excluding steroid dienone is 2. The van der Waals surface area contributed by atoms with Gasteiger partial charge in [-0.05, 0) is 25.0 Å². The number of ether oxygens (including phenoxy) is 1. The van der Waals surface area contributed by atoms with E-state index in [0.29, 0.717) is 0 Å². The summed E-state index contributed by atoms with van der Waals surface area (Å²) in [7, 11) is 1.67. The van der Waals surface area contributed by atoms with E-state index in [-0.39, 0.29) is 6.10 Å². The van der Waals surface area contributed by atoms with Crippen LogP contribution in [0, 0.1) is 0 Å². The fourth-order valence-corrected chi connectivity index (χ4v) is 1.14. The van der Waals surface area contributed by atoms with E-state index in [1.54, 1.807) is 14.0 Å². The summed E-state index contributed by atoms with van der Waals surface area (Å²) in [6, 6.07) is 0. The molecule has 1 aliphatic rings. The van der Waals surface area contributed by atoms with Gasteiger partial charge in [0.2, 0.25) is 0 Å². The smallest absolute Gasteiger partial charge is 0.0956 e. The Bertz CT molecular complexity index is 190. The average molecular weight is 154 g/mol. The van der Waals surface area contributed by atoms with Gasteiger partial charge in [0, 0.05) is 6.42 Å². The third-order valence-electron chi connectivity index (χ3n) is 1.93. The number of rotatable bonds is 2. The Kier molecular flexibility index (Phi) is 2.71. The third-order valence-corrected chi connectivity index (χ3v) is 1.93. The predicted octanol–water partition coefficient (Wildman–Crippen LogP) is 1.62. The Labute approximate surface area is 67.2 Å². The fourth-order valence-electron chi connectivity index (χ4n) is 1.14. The molecule has 1 atom stereocenters. The average Bonchev–Trinajstić information content (AvgIpc) is 2.05. The van der Waals surface area contributed by atoms with Crippen molar-refractivity contribution >= 4 is 0 Å². The van der Waals surface area contributed by atoms with Crippen molar-refractivity contribution in [1.29, 1.82) is 0 Å². The molecular formula is C9H14O2. The highest BCUT2D eigenvalue weighted by atomic mass is 16.5. The number of aliphatic hydroxyl groups excluding tert-OH is 1. The van der Waals surface area contributed by atoms with Gasteiger partial charge >= 0.3 is 0 Å². The molecule has 0 amide bonds. The van der Waals surface area contributed by atoms with Crippen molar-refractivity contribution in [1.82, 2.24) is 0 Å². The molecule has 0 heterocycles. The maximum absolute atomic E-state index is 9.20. The Morgan fingerprint density at radius 3 is 2.55 bits per heavy atom. The minimum atomic E-state index is -0.315. The van der Waals surface area contributed by atoms with E-state index in [0.717, 1.165) is 24.2 Å². The molecule has 0 bridgehead atoms. The normalized spacial score (nSPS) is 20.3. The number of hydrogen-bond acceptors (Lipinski definition) is 2. The predicted molar refractivity (Wildman–Crippen MR) is 44.1 cm³/mol. The lowest BCUT2D eigenvalue weighted by Crippen LogP contribution is -2.07. The van der Waals surface area contributed by atoms with Crippen LogP contribution in [0.2, 0.25) is 0 Å². The minimum absolute atomic E-state index is 0.315. The Balaban J connectivity index is 2.50. The highest BCUT2D eigenvalue weighted by Crippen LogP contribution is 2.19. The van der Waals surface area contributed by atoms with Crippen molar-refractivity contribution < 1.29 is 9.84 Å². The van der Waals surface area contributed by atoms with Gasteiger partial charge < -0.3 is 9.84 Å². The number of aliphatic hydroxyl groups is 1. The molecule has 62 valence electrons. The maximum atomic E-state index is 9.20. The first-order valence-electron chi connectivity index (χ1n) is 3.84. The van der Waals surface area contributed by atoms with Crippen molar-refractivity contribution in [3.05, 3.63) is 23.5 Å². The van der Waals surface area contributed by atoms with Gasteiger partial charge in [0.05, 0.1) is 19.0 Å². The van der Waals surface area contributed by atoms with Crippen molar-refractivity contribution in [2.24, 2.45) is 0 Å². The first-order valence-corrected chi connectivity index (χ1v) is 3.84. The second kappa shape index (κ2) is 3.58. The van der Waals surface area contributed by atoms with Crippen LogP contribution in [0.3, 0.4) is 0 Å². The molecule has 1 aliphatic carbocycles. The van der Waals surface area contributed by atoms with Crippen LogP contribution in [0.4, 0.5) is 0 Å². The maximum Gasteiger partial charge on any atom is 0.0956 e. The summed E-state index contributed by atoms with van der Waals surface area (Å²) in [5, 5.41) is 9.20. The summed E-state index contributed by atoms with van der Waals surface area (Å²) in [5.41, 5.74) is 1.09. The zero-order valence-corrected chi connectivity index (χ0v) is 7.00. The largest absolute Gasteiger partial charge is 0.501 e. The quantitative estimate of drug-likeness (QED) is 0.612. The lowest BCUT2D eigenvalue weighted by molar-refractivity contribution is 0.225. The molecule has 2 nitrogen and oxygen atoms in total. The van der Waals surface area contributed by atoms with Crippen LogP contribution in [0.1, 0.15) is 19.8 Å². The first-order chi connectivity index (χ1) is 5.24. The van der Waals surface area contributed by atoms with E-state index < -0.39 is 0 Å². The zero-order valence-electron chi connectivity index (χ0n) is 7.00. The molecule has 0 fully saturated rings. The van der Waals surface area contributed by atoms with Gasteiger partial charge in [0.1, 0.15) is 0 Å². The molecule has 0 aromatic rings. The van der Waals surface area contributed by atoms with Crippen molar-refractivity contribution in [2.75, 3.05) is 7.11 Å². The van der Waals surface area contributed by atoms with Crippen LogP contribution < -0.4 is 0 Å². The Morgan fingerprint density at radius 1 is 1.45 bits per heavy atom. The van der Waals surface area contributed by atoms with E-state index in [1.165, 1.54) is 0 Å². The number of methoxy groups -OCH3 is 1. The zero-order chi connectivity index (χ0) is 8.27. The molecule has 0 aromatic carbocycles. The second-order valence-corrected chi connectivity index (χ2v) is 2.74. The van der Waals surface area contributed by atoms with Crippen molar-refractivity contribution in [3.63, 3.8) is 0 Å². The molecule has 0 spiro atoms. The summed E-state index contributed by atoms with van der Waals surface area (Å²) in [6.45, 7) is 1.79. The molecule has 0 aliphatic heterocycles. The Hall–Kier alpha value is -0.760. The molecule has 0 radical (unpaired) electrons. The van der Waals surface area contributed by atoms with Gasteiger partial charge in [0.15, 0.2) is 0 Å². The SMILES string of the molecule is COC1=CCC(C(C)O)=CC1. The van der Waals surface area contributed by atoms with E-state index in [4.69, 9.17) is 4.74 Å². The summed E-state index contributed by atoms with van der Waals surface area (Å²) in [4.78, 5) is 0. The fraction of sp³-hybridized carbons (Fsp3) is 0.556. The van der Waals surface area contributed by atoms with Crippen LogP contribution in [-0.4, -0.2) is 18.3 Å². The van der Waals surface area contributed by atoms with Crippen molar-refractivity contribution in [3.8, 4) is 0 Å². The molecular weight excluding hydrogens is 140 g/mol. The van der Waals surface area contributed by atoms with Crippen LogP contribution in [0.5, 0.6) is 0 Å². The highest BCUT2D eigenvalue weighted by Gasteiger charge is 2.08. The number of hydrogen-bond donors (Lipinski definition) is 1. The molecule has 0 saturated heterocycles. The monoisotopic (exact) mass is 154 g/mol. The third kappa shape index (κ3) is 2.09. The van der Waals surface area contributed by atoms with Crippen LogP contribution >= 0.6 is 0 Å². The van der Waals surface area contributed by atoms with Gasteiger partial charge in [0.25, 0.3) is 0 Å². The summed E-state index contributed by atoms with van der Waals surface area (Å²) in [5.74, 6) is 0.995. The van der Waals surface area contributed by atoms with E-state index in [2.05, 4.69) is 0 Å².